The smallest absolute Gasteiger partial charge is 0.0727 e. The summed E-state index contributed by atoms with van der Waals surface area (Å²) in [7, 11) is 3.97. The van der Waals surface area contributed by atoms with Crippen LogP contribution in [0.3, 0.4) is 0 Å². The van der Waals surface area contributed by atoms with Gasteiger partial charge in [-0.05, 0) is 31.2 Å². The van der Waals surface area contributed by atoms with E-state index in [4.69, 9.17) is 5.73 Å². The standard InChI is InChI=1S/C12H15N3/c1-8-4-5-9-10(14-8)6-7-11(12(9)13)15(2)3/h4-7H,13H2,1-3H3. The van der Waals surface area contributed by atoms with Gasteiger partial charge in [0.25, 0.3) is 0 Å². The van der Waals surface area contributed by atoms with Gasteiger partial charge in [-0.3, -0.25) is 4.98 Å². The molecule has 1 aromatic heterocycles. The first kappa shape index (κ1) is 9.77. The zero-order valence-electron chi connectivity index (χ0n) is 9.28. The van der Waals surface area contributed by atoms with E-state index in [-0.39, 0.29) is 0 Å². The molecule has 0 fully saturated rings. The summed E-state index contributed by atoms with van der Waals surface area (Å²) >= 11 is 0. The minimum Gasteiger partial charge on any atom is -0.396 e. The summed E-state index contributed by atoms with van der Waals surface area (Å²) in [6.07, 6.45) is 0. The van der Waals surface area contributed by atoms with Crippen LogP contribution in [0.5, 0.6) is 0 Å². The van der Waals surface area contributed by atoms with Crippen molar-refractivity contribution in [3.8, 4) is 0 Å². The number of fused-ring (bicyclic) bond motifs is 1. The summed E-state index contributed by atoms with van der Waals surface area (Å²) in [6.45, 7) is 1.98. The van der Waals surface area contributed by atoms with Crippen LogP contribution in [0.2, 0.25) is 0 Å². The second-order valence-electron chi connectivity index (χ2n) is 3.91. The van der Waals surface area contributed by atoms with Crippen LogP contribution in [0.15, 0.2) is 24.3 Å². The largest absolute Gasteiger partial charge is 0.396 e. The Morgan fingerprint density at radius 1 is 1.13 bits per heavy atom. The molecule has 2 aromatic rings. The molecule has 15 heavy (non-hydrogen) atoms. The average Bonchev–Trinajstić information content (AvgIpc) is 2.17. The zero-order valence-corrected chi connectivity index (χ0v) is 9.28. The lowest BCUT2D eigenvalue weighted by Gasteiger charge is -2.16. The maximum Gasteiger partial charge on any atom is 0.0727 e. The Hall–Kier alpha value is -1.77. The maximum absolute atomic E-state index is 6.09. The van der Waals surface area contributed by atoms with Gasteiger partial charge in [-0.2, -0.15) is 0 Å². The quantitative estimate of drug-likeness (QED) is 0.719. The van der Waals surface area contributed by atoms with Crippen LogP contribution in [0.4, 0.5) is 11.4 Å². The lowest BCUT2D eigenvalue weighted by atomic mass is 10.1. The first-order chi connectivity index (χ1) is 7.09. The molecule has 0 amide bonds. The van der Waals surface area contributed by atoms with Crippen molar-refractivity contribution in [1.29, 1.82) is 0 Å². The van der Waals surface area contributed by atoms with E-state index in [1.807, 2.05) is 50.2 Å². The molecule has 0 aliphatic heterocycles. The molecule has 0 aliphatic carbocycles. The molecule has 0 atom stereocenters. The first-order valence-corrected chi connectivity index (χ1v) is 4.93. The van der Waals surface area contributed by atoms with E-state index in [1.165, 1.54) is 0 Å². The Kier molecular flexibility index (Phi) is 2.23. The van der Waals surface area contributed by atoms with E-state index < -0.39 is 0 Å². The molecular weight excluding hydrogens is 186 g/mol. The van der Waals surface area contributed by atoms with Crippen LogP contribution < -0.4 is 10.6 Å². The highest BCUT2D eigenvalue weighted by Crippen LogP contribution is 2.29. The van der Waals surface area contributed by atoms with Crippen molar-refractivity contribution in [3.63, 3.8) is 0 Å². The minimum atomic E-state index is 0.796. The van der Waals surface area contributed by atoms with E-state index in [2.05, 4.69) is 4.98 Å². The monoisotopic (exact) mass is 201 g/mol. The van der Waals surface area contributed by atoms with Crippen LogP contribution >= 0.6 is 0 Å². The number of aromatic nitrogens is 1. The van der Waals surface area contributed by atoms with Crippen molar-refractivity contribution in [2.45, 2.75) is 6.92 Å². The minimum absolute atomic E-state index is 0.796. The van der Waals surface area contributed by atoms with E-state index in [0.717, 1.165) is 28.0 Å². The number of benzene rings is 1. The highest BCUT2D eigenvalue weighted by molar-refractivity contribution is 5.97. The molecule has 0 saturated carbocycles. The van der Waals surface area contributed by atoms with Crippen LogP contribution in [0.1, 0.15) is 5.69 Å². The lowest BCUT2D eigenvalue weighted by molar-refractivity contribution is 1.14. The van der Waals surface area contributed by atoms with E-state index in [9.17, 15) is 0 Å². The first-order valence-electron chi connectivity index (χ1n) is 4.93. The summed E-state index contributed by atoms with van der Waals surface area (Å²) in [5, 5.41) is 1.02. The molecule has 3 heteroatoms. The number of nitrogen functional groups attached to an aromatic ring is 1. The second-order valence-corrected chi connectivity index (χ2v) is 3.91. The Morgan fingerprint density at radius 2 is 1.87 bits per heavy atom. The summed E-state index contributed by atoms with van der Waals surface area (Å²) < 4.78 is 0. The molecule has 0 aliphatic rings. The van der Waals surface area contributed by atoms with Gasteiger partial charge in [0.15, 0.2) is 0 Å². The van der Waals surface area contributed by atoms with Gasteiger partial charge in [-0.15, -0.1) is 0 Å². The highest BCUT2D eigenvalue weighted by Gasteiger charge is 2.06. The topological polar surface area (TPSA) is 42.1 Å². The number of rotatable bonds is 1. The van der Waals surface area contributed by atoms with Crippen molar-refractivity contribution >= 4 is 22.3 Å². The average molecular weight is 201 g/mol. The fraction of sp³-hybridized carbons (Fsp3) is 0.250. The zero-order chi connectivity index (χ0) is 11.0. The molecule has 0 bridgehead atoms. The molecule has 1 aromatic carbocycles. The van der Waals surface area contributed by atoms with E-state index in [0.29, 0.717) is 0 Å². The van der Waals surface area contributed by atoms with Gasteiger partial charge in [0, 0.05) is 25.2 Å². The predicted octanol–water partition coefficient (Wildman–Crippen LogP) is 2.19. The maximum atomic E-state index is 6.09. The van der Waals surface area contributed by atoms with Crippen LogP contribution in [0.25, 0.3) is 10.9 Å². The van der Waals surface area contributed by atoms with Crippen molar-refractivity contribution in [2.24, 2.45) is 0 Å². The third-order valence-corrected chi connectivity index (χ3v) is 2.51. The number of pyridine rings is 1. The Balaban J connectivity index is 2.74. The van der Waals surface area contributed by atoms with Crippen molar-refractivity contribution in [1.82, 2.24) is 4.98 Å². The number of anilines is 2. The van der Waals surface area contributed by atoms with Crippen molar-refractivity contribution < 1.29 is 0 Å². The number of hydrogen-bond donors (Lipinski definition) is 1. The summed E-state index contributed by atoms with van der Waals surface area (Å²) in [5.74, 6) is 0. The number of hydrogen-bond acceptors (Lipinski definition) is 3. The van der Waals surface area contributed by atoms with Crippen LogP contribution in [-0.2, 0) is 0 Å². The molecular formula is C12H15N3. The van der Waals surface area contributed by atoms with E-state index in [1.54, 1.807) is 0 Å². The lowest BCUT2D eigenvalue weighted by Crippen LogP contribution is -2.11. The summed E-state index contributed by atoms with van der Waals surface area (Å²) in [4.78, 5) is 6.45. The third kappa shape index (κ3) is 1.61. The SMILES string of the molecule is Cc1ccc2c(N)c(N(C)C)ccc2n1. The molecule has 0 spiro atoms. The predicted molar refractivity (Wildman–Crippen MR) is 65.2 cm³/mol. The van der Waals surface area contributed by atoms with Crippen LogP contribution in [-0.4, -0.2) is 19.1 Å². The van der Waals surface area contributed by atoms with Gasteiger partial charge in [-0.1, -0.05) is 0 Å². The summed E-state index contributed by atoms with van der Waals surface area (Å²) in [6, 6.07) is 8.02. The van der Waals surface area contributed by atoms with Gasteiger partial charge in [0.1, 0.15) is 0 Å². The molecule has 3 nitrogen and oxygen atoms in total. The number of nitrogens with zero attached hydrogens (tertiary/aromatic N) is 2. The Bertz CT molecular complexity index is 503. The Labute approximate surface area is 89.5 Å². The second kappa shape index (κ2) is 3.42. The van der Waals surface area contributed by atoms with Gasteiger partial charge in [0.2, 0.25) is 0 Å². The summed E-state index contributed by atoms with van der Waals surface area (Å²) in [5.41, 5.74) is 9.89. The van der Waals surface area contributed by atoms with E-state index >= 15 is 0 Å². The fourth-order valence-corrected chi connectivity index (χ4v) is 1.71. The number of aryl methyl sites for hydroxylation is 1. The van der Waals surface area contributed by atoms with Crippen LogP contribution in [0, 0.1) is 6.92 Å². The molecule has 0 saturated heterocycles. The molecule has 2 rings (SSSR count). The molecule has 2 N–H and O–H groups in total. The van der Waals surface area contributed by atoms with Gasteiger partial charge >= 0.3 is 0 Å². The molecule has 78 valence electrons. The van der Waals surface area contributed by atoms with Gasteiger partial charge in [0.05, 0.1) is 16.9 Å². The fourth-order valence-electron chi connectivity index (χ4n) is 1.71. The van der Waals surface area contributed by atoms with Gasteiger partial charge in [-0.25, -0.2) is 0 Å². The van der Waals surface area contributed by atoms with Gasteiger partial charge < -0.3 is 10.6 Å². The highest BCUT2D eigenvalue weighted by atomic mass is 15.1. The normalized spacial score (nSPS) is 10.6. The molecule has 0 unspecified atom stereocenters. The third-order valence-electron chi connectivity index (χ3n) is 2.51. The molecule has 0 radical (unpaired) electrons. The Morgan fingerprint density at radius 3 is 2.53 bits per heavy atom. The molecule has 1 heterocycles. The van der Waals surface area contributed by atoms with Crippen molar-refractivity contribution in [2.75, 3.05) is 24.7 Å². The number of nitrogens with two attached hydrogens (primary N) is 1. The van der Waals surface area contributed by atoms with Crippen molar-refractivity contribution in [3.05, 3.63) is 30.0 Å².